The van der Waals surface area contributed by atoms with Gasteiger partial charge in [-0.25, -0.2) is 9.78 Å². The summed E-state index contributed by atoms with van der Waals surface area (Å²) < 4.78 is 6.82. The van der Waals surface area contributed by atoms with Crippen molar-refractivity contribution in [3.05, 3.63) is 36.3 Å². The largest absolute Gasteiger partial charge is 0.453 e. The van der Waals surface area contributed by atoms with Crippen LogP contribution in [0.15, 0.2) is 30.5 Å². The van der Waals surface area contributed by atoms with Gasteiger partial charge in [-0.2, -0.15) is 0 Å². The molecule has 2 N–H and O–H groups in total. The van der Waals surface area contributed by atoms with Crippen molar-refractivity contribution < 1.29 is 14.3 Å². The molecular formula is C25H36N6O3. The van der Waals surface area contributed by atoms with Gasteiger partial charge < -0.3 is 29.7 Å². The Kier molecular flexibility index (Phi) is 7.41. The van der Waals surface area contributed by atoms with E-state index in [9.17, 15) is 9.59 Å². The van der Waals surface area contributed by atoms with Crippen molar-refractivity contribution in [3.63, 3.8) is 0 Å². The summed E-state index contributed by atoms with van der Waals surface area (Å²) in [4.78, 5) is 34.2. The Morgan fingerprint density at radius 3 is 2.50 bits per heavy atom. The number of hydrogen-bond donors (Lipinski definition) is 2. The molecule has 0 aliphatic carbocycles. The SMILES string of the molecule is COC(=O)NC(C(=O)N1CCCC1c1ncc(-c2ccc(N3CCNCC3)cc2)n1C)C(C)C. The van der Waals surface area contributed by atoms with Gasteiger partial charge in [0, 0.05) is 45.5 Å². The van der Waals surface area contributed by atoms with E-state index in [0.29, 0.717) is 6.54 Å². The van der Waals surface area contributed by atoms with Crippen molar-refractivity contribution in [1.82, 2.24) is 25.1 Å². The van der Waals surface area contributed by atoms with Crippen molar-refractivity contribution >= 4 is 17.7 Å². The summed E-state index contributed by atoms with van der Waals surface area (Å²) in [7, 11) is 3.32. The maximum Gasteiger partial charge on any atom is 0.407 e. The van der Waals surface area contributed by atoms with Crippen LogP contribution in [0, 0.1) is 5.92 Å². The number of benzene rings is 1. The quantitative estimate of drug-likeness (QED) is 0.677. The molecule has 2 atom stereocenters. The summed E-state index contributed by atoms with van der Waals surface area (Å²) in [5, 5.41) is 6.09. The first kappa shape index (κ1) is 24.1. The Balaban J connectivity index is 1.53. The number of aromatic nitrogens is 2. The fourth-order valence-corrected chi connectivity index (χ4v) is 4.94. The van der Waals surface area contributed by atoms with Gasteiger partial charge in [0.25, 0.3) is 0 Å². The number of ether oxygens (including phenoxy) is 1. The van der Waals surface area contributed by atoms with E-state index in [1.165, 1.54) is 12.8 Å². The number of piperazine rings is 1. The first-order valence-corrected chi connectivity index (χ1v) is 12.1. The highest BCUT2D eigenvalue weighted by molar-refractivity contribution is 5.86. The predicted molar refractivity (Wildman–Crippen MR) is 132 cm³/mol. The Labute approximate surface area is 201 Å². The third-order valence-electron chi connectivity index (χ3n) is 6.89. The minimum atomic E-state index is -0.634. The van der Waals surface area contributed by atoms with Gasteiger partial charge in [-0.15, -0.1) is 0 Å². The number of alkyl carbamates (subject to hydrolysis) is 1. The third-order valence-corrected chi connectivity index (χ3v) is 6.89. The number of imidazole rings is 1. The molecule has 2 fully saturated rings. The van der Waals surface area contributed by atoms with Crippen LogP contribution in [-0.4, -0.2) is 72.3 Å². The van der Waals surface area contributed by atoms with Crippen LogP contribution in [-0.2, 0) is 16.6 Å². The molecule has 2 aliphatic rings. The molecule has 2 aliphatic heterocycles. The maximum absolute atomic E-state index is 13.4. The average Bonchev–Trinajstić information content (AvgIpc) is 3.49. The molecule has 0 radical (unpaired) electrons. The second kappa shape index (κ2) is 10.5. The molecule has 2 saturated heterocycles. The summed E-state index contributed by atoms with van der Waals surface area (Å²) in [5.74, 6) is 0.722. The van der Waals surface area contributed by atoms with E-state index in [-0.39, 0.29) is 17.9 Å². The highest BCUT2D eigenvalue weighted by atomic mass is 16.5. The van der Waals surface area contributed by atoms with Crippen LogP contribution < -0.4 is 15.5 Å². The van der Waals surface area contributed by atoms with Crippen LogP contribution >= 0.6 is 0 Å². The number of amides is 2. The lowest BCUT2D eigenvalue weighted by molar-refractivity contribution is -0.135. The molecule has 0 spiro atoms. The normalized spacial score (nSPS) is 19.4. The van der Waals surface area contributed by atoms with Crippen LogP contribution in [0.25, 0.3) is 11.3 Å². The molecule has 2 amide bonds. The predicted octanol–water partition coefficient (Wildman–Crippen LogP) is 2.54. The number of nitrogens with one attached hydrogen (secondary N) is 2. The van der Waals surface area contributed by atoms with Gasteiger partial charge in [0.2, 0.25) is 5.91 Å². The first-order chi connectivity index (χ1) is 16.4. The van der Waals surface area contributed by atoms with Crippen LogP contribution in [0.2, 0.25) is 0 Å². The monoisotopic (exact) mass is 468 g/mol. The molecule has 184 valence electrons. The second-order valence-electron chi connectivity index (χ2n) is 9.39. The van der Waals surface area contributed by atoms with E-state index in [1.807, 2.05) is 32.0 Å². The van der Waals surface area contributed by atoms with Gasteiger partial charge in [-0.1, -0.05) is 26.0 Å². The Morgan fingerprint density at radius 2 is 1.85 bits per heavy atom. The van der Waals surface area contributed by atoms with Crippen molar-refractivity contribution in [2.45, 2.75) is 38.8 Å². The molecule has 4 rings (SSSR count). The smallest absolute Gasteiger partial charge is 0.407 e. The zero-order valence-corrected chi connectivity index (χ0v) is 20.6. The van der Waals surface area contributed by atoms with Gasteiger partial charge in [0.05, 0.1) is 25.0 Å². The van der Waals surface area contributed by atoms with Gasteiger partial charge in [0.1, 0.15) is 11.9 Å². The number of hydrogen-bond acceptors (Lipinski definition) is 6. The van der Waals surface area contributed by atoms with E-state index < -0.39 is 12.1 Å². The summed E-state index contributed by atoms with van der Waals surface area (Å²) >= 11 is 0. The number of carbonyl (C=O) groups excluding carboxylic acids is 2. The lowest BCUT2D eigenvalue weighted by Gasteiger charge is -2.30. The summed E-state index contributed by atoms with van der Waals surface area (Å²) in [6.07, 6.45) is 3.05. The van der Waals surface area contributed by atoms with Gasteiger partial charge in [-0.3, -0.25) is 4.79 Å². The zero-order chi connectivity index (χ0) is 24.2. The minimum Gasteiger partial charge on any atom is -0.453 e. The Bertz CT molecular complexity index is 997. The number of rotatable bonds is 6. The Hall–Kier alpha value is -3.07. The molecule has 9 heteroatoms. The zero-order valence-electron chi connectivity index (χ0n) is 20.6. The fourth-order valence-electron chi connectivity index (χ4n) is 4.94. The van der Waals surface area contributed by atoms with Crippen molar-refractivity contribution in [2.24, 2.45) is 13.0 Å². The number of likely N-dealkylation sites (tertiary alicyclic amines) is 1. The lowest BCUT2D eigenvalue weighted by atomic mass is 10.0. The Morgan fingerprint density at radius 1 is 1.15 bits per heavy atom. The number of methoxy groups -OCH3 is 1. The van der Waals surface area contributed by atoms with Gasteiger partial charge in [-0.05, 0) is 36.5 Å². The summed E-state index contributed by atoms with van der Waals surface area (Å²) in [5.41, 5.74) is 3.36. The fraction of sp³-hybridized carbons (Fsp3) is 0.560. The molecule has 9 nitrogen and oxygen atoms in total. The third kappa shape index (κ3) is 4.89. The first-order valence-electron chi connectivity index (χ1n) is 12.1. The summed E-state index contributed by atoms with van der Waals surface area (Å²) in [6.45, 7) is 8.55. The standard InChI is InChI=1S/C25H36N6O3/c1-17(2)22(28-25(33)34-4)24(32)31-13-5-6-20(31)23-27-16-21(29(23)3)18-7-9-19(10-8-18)30-14-11-26-12-15-30/h7-10,16-17,20,22,26H,5-6,11-15H2,1-4H3,(H,28,33). The van der Waals surface area contributed by atoms with Gasteiger partial charge >= 0.3 is 6.09 Å². The molecule has 34 heavy (non-hydrogen) atoms. The van der Waals surface area contributed by atoms with Crippen molar-refractivity contribution in [2.75, 3.05) is 44.7 Å². The van der Waals surface area contributed by atoms with Crippen molar-refractivity contribution in [3.8, 4) is 11.3 Å². The maximum atomic E-state index is 13.4. The average molecular weight is 469 g/mol. The second-order valence-corrected chi connectivity index (χ2v) is 9.39. The lowest BCUT2D eigenvalue weighted by Crippen LogP contribution is -2.51. The number of anilines is 1. The van der Waals surface area contributed by atoms with E-state index >= 15 is 0 Å². The molecule has 1 aromatic heterocycles. The van der Waals surface area contributed by atoms with Gasteiger partial charge in [0.15, 0.2) is 0 Å². The highest BCUT2D eigenvalue weighted by Gasteiger charge is 2.38. The number of nitrogens with zero attached hydrogens (tertiary/aromatic N) is 4. The van der Waals surface area contributed by atoms with Crippen molar-refractivity contribution in [1.29, 1.82) is 0 Å². The topological polar surface area (TPSA) is 91.7 Å². The molecular weight excluding hydrogens is 432 g/mol. The van der Waals surface area contributed by atoms with E-state index in [4.69, 9.17) is 9.72 Å². The minimum absolute atomic E-state index is 0.0565. The van der Waals surface area contributed by atoms with Crippen LogP contribution in [0.5, 0.6) is 0 Å². The number of carbonyl (C=O) groups is 2. The van der Waals surface area contributed by atoms with E-state index in [0.717, 1.165) is 56.1 Å². The molecule has 0 saturated carbocycles. The molecule has 1 aromatic carbocycles. The van der Waals surface area contributed by atoms with E-state index in [1.54, 1.807) is 0 Å². The van der Waals surface area contributed by atoms with E-state index in [2.05, 4.69) is 44.4 Å². The van der Waals surface area contributed by atoms with Crippen LogP contribution in [0.1, 0.15) is 38.6 Å². The molecule has 2 aromatic rings. The molecule has 0 bridgehead atoms. The highest BCUT2D eigenvalue weighted by Crippen LogP contribution is 2.34. The molecule has 3 heterocycles. The summed E-state index contributed by atoms with van der Waals surface area (Å²) in [6, 6.07) is 7.88. The van der Waals surface area contributed by atoms with Crippen LogP contribution in [0.4, 0.5) is 10.5 Å². The molecule has 2 unspecified atom stereocenters. The van der Waals surface area contributed by atoms with Crippen LogP contribution in [0.3, 0.4) is 0 Å².